The number of nitrogens with zero attached hydrogens (tertiary/aromatic N) is 4. The molecule has 0 aliphatic carbocycles. The average molecular weight is 424 g/mol. The first-order valence-corrected chi connectivity index (χ1v) is 11.1. The minimum Gasteiger partial charge on any atom is -0.356 e. The molecule has 0 spiro atoms. The predicted molar refractivity (Wildman–Crippen MR) is 125 cm³/mol. The van der Waals surface area contributed by atoms with Crippen LogP contribution in [0.1, 0.15) is 39.4 Å². The van der Waals surface area contributed by atoms with Crippen molar-refractivity contribution in [3.05, 3.63) is 60.4 Å². The fourth-order valence-electron chi connectivity index (χ4n) is 3.27. The topological polar surface area (TPSA) is 63.1 Å². The Morgan fingerprint density at radius 3 is 2.20 bits per heavy atom. The SMILES string of the molecule is CC(C)c1nnc(SCC(=O)N(c2ccc(Nc3ccccc3)cc2)C(C)C)n1C. The van der Waals surface area contributed by atoms with E-state index in [-0.39, 0.29) is 11.9 Å². The van der Waals surface area contributed by atoms with Gasteiger partial charge >= 0.3 is 0 Å². The van der Waals surface area contributed by atoms with Crippen LogP contribution in [0.15, 0.2) is 59.8 Å². The number of carbonyl (C=O) groups excluding carboxylic acids is 1. The molecule has 1 amide bonds. The largest absolute Gasteiger partial charge is 0.356 e. The van der Waals surface area contributed by atoms with Crippen molar-refractivity contribution in [3.63, 3.8) is 0 Å². The number of anilines is 3. The maximum Gasteiger partial charge on any atom is 0.237 e. The number of rotatable bonds is 8. The van der Waals surface area contributed by atoms with Crippen LogP contribution in [0, 0.1) is 0 Å². The number of nitrogens with one attached hydrogen (secondary N) is 1. The van der Waals surface area contributed by atoms with E-state index in [4.69, 9.17) is 0 Å². The molecule has 7 heteroatoms. The number of hydrogen-bond donors (Lipinski definition) is 1. The maximum atomic E-state index is 13.0. The molecule has 0 atom stereocenters. The summed E-state index contributed by atoms with van der Waals surface area (Å²) >= 11 is 1.42. The van der Waals surface area contributed by atoms with Gasteiger partial charge in [0.05, 0.1) is 5.75 Å². The number of thioether (sulfide) groups is 1. The highest BCUT2D eigenvalue weighted by Crippen LogP contribution is 2.25. The van der Waals surface area contributed by atoms with Gasteiger partial charge in [-0.05, 0) is 50.2 Å². The Morgan fingerprint density at radius 2 is 1.63 bits per heavy atom. The van der Waals surface area contributed by atoms with Gasteiger partial charge in [-0.25, -0.2) is 0 Å². The van der Waals surface area contributed by atoms with Crippen molar-refractivity contribution in [1.82, 2.24) is 14.8 Å². The monoisotopic (exact) mass is 423 g/mol. The minimum absolute atomic E-state index is 0.0489. The van der Waals surface area contributed by atoms with E-state index in [1.165, 1.54) is 11.8 Å². The zero-order valence-electron chi connectivity index (χ0n) is 18.2. The van der Waals surface area contributed by atoms with E-state index >= 15 is 0 Å². The Bertz CT molecular complexity index is 967. The van der Waals surface area contributed by atoms with Gasteiger partial charge in [0.15, 0.2) is 5.16 Å². The standard InChI is InChI=1S/C23H29N5OS/c1-16(2)22-25-26-23(27(22)5)30-15-21(29)28(17(3)4)20-13-11-19(12-14-20)24-18-9-7-6-8-10-18/h6-14,16-17,24H,15H2,1-5H3. The number of hydrogen-bond acceptors (Lipinski definition) is 5. The highest BCUT2D eigenvalue weighted by molar-refractivity contribution is 7.99. The van der Waals surface area contributed by atoms with Crippen LogP contribution < -0.4 is 10.2 Å². The number of benzene rings is 2. The lowest BCUT2D eigenvalue weighted by Gasteiger charge is -2.27. The van der Waals surface area contributed by atoms with Gasteiger partial charge < -0.3 is 14.8 Å². The smallest absolute Gasteiger partial charge is 0.237 e. The van der Waals surface area contributed by atoms with E-state index in [0.29, 0.717) is 11.7 Å². The lowest BCUT2D eigenvalue weighted by molar-refractivity contribution is -0.116. The first kappa shape index (κ1) is 21.9. The van der Waals surface area contributed by atoms with Crippen molar-refractivity contribution in [1.29, 1.82) is 0 Å². The molecule has 1 heterocycles. The predicted octanol–water partition coefficient (Wildman–Crippen LogP) is 5.22. The average Bonchev–Trinajstić information content (AvgIpc) is 3.09. The summed E-state index contributed by atoms with van der Waals surface area (Å²) in [6, 6.07) is 18.0. The third kappa shape index (κ3) is 5.21. The molecular formula is C23H29N5OS. The lowest BCUT2D eigenvalue weighted by atomic mass is 10.2. The summed E-state index contributed by atoms with van der Waals surface area (Å²) in [5.41, 5.74) is 2.90. The quantitative estimate of drug-likeness (QED) is 0.504. The van der Waals surface area contributed by atoms with Crippen molar-refractivity contribution in [2.24, 2.45) is 7.05 Å². The summed E-state index contributed by atoms with van der Waals surface area (Å²) in [5, 5.41) is 12.6. The van der Waals surface area contributed by atoms with Gasteiger partial charge in [0.1, 0.15) is 5.82 Å². The van der Waals surface area contributed by atoms with Crippen LogP contribution in [0.5, 0.6) is 0 Å². The summed E-state index contributed by atoms with van der Waals surface area (Å²) in [6.07, 6.45) is 0. The van der Waals surface area contributed by atoms with Gasteiger partial charge in [0, 0.05) is 36.1 Å². The number of carbonyl (C=O) groups is 1. The van der Waals surface area contributed by atoms with Gasteiger partial charge in [0.25, 0.3) is 0 Å². The van der Waals surface area contributed by atoms with E-state index < -0.39 is 0 Å². The normalized spacial score (nSPS) is 11.2. The van der Waals surface area contributed by atoms with Crippen LogP contribution in [0.25, 0.3) is 0 Å². The molecular weight excluding hydrogens is 394 g/mol. The van der Waals surface area contributed by atoms with Crippen LogP contribution in [0.2, 0.25) is 0 Å². The summed E-state index contributed by atoms with van der Waals surface area (Å²) in [5.74, 6) is 1.58. The second-order valence-corrected chi connectivity index (χ2v) is 8.68. The van der Waals surface area contributed by atoms with E-state index in [2.05, 4.69) is 29.4 Å². The molecule has 1 aromatic heterocycles. The molecule has 0 saturated carbocycles. The number of aromatic nitrogens is 3. The summed E-state index contributed by atoms with van der Waals surface area (Å²) in [4.78, 5) is 14.9. The molecule has 158 valence electrons. The molecule has 0 aliphatic heterocycles. The Hall–Kier alpha value is -2.80. The van der Waals surface area contributed by atoms with Gasteiger partial charge in [0.2, 0.25) is 5.91 Å². The van der Waals surface area contributed by atoms with Crippen LogP contribution in [0.3, 0.4) is 0 Å². The van der Waals surface area contributed by atoms with Gasteiger partial charge in [-0.2, -0.15) is 0 Å². The lowest BCUT2D eigenvalue weighted by Crippen LogP contribution is -2.38. The molecule has 2 aromatic carbocycles. The Morgan fingerprint density at radius 1 is 1.00 bits per heavy atom. The molecule has 6 nitrogen and oxygen atoms in total. The van der Waals surface area contributed by atoms with Crippen LogP contribution >= 0.6 is 11.8 Å². The fraction of sp³-hybridized carbons (Fsp3) is 0.348. The van der Waals surface area contributed by atoms with Crippen molar-refractivity contribution in [3.8, 4) is 0 Å². The Kier molecular flexibility index (Phi) is 7.15. The fourth-order valence-corrected chi connectivity index (χ4v) is 4.05. The molecule has 0 aliphatic rings. The van der Waals surface area contributed by atoms with E-state index in [0.717, 1.165) is 28.0 Å². The Labute approximate surface area is 182 Å². The van der Waals surface area contributed by atoms with Crippen molar-refractivity contribution in [2.75, 3.05) is 16.0 Å². The highest BCUT2D eigenvalue weighted by atomic mass is 32.2. The number of para-hydroxylation sites is 1. The Balaban J connectivity index is 1.68. The van der Waals surface area contributed by atoms with Crippen LogP contribution in [0.4, 0.5) is 17.1 Å². The maximum absolute atomic E-state index is 13.0. The zero-order valence-corrected chi connectivity index (χ0v) is 19.0. The molecule has 3 aromatic rings. The van der Waals surface area contributed by atoms with E-state index in [1.807, 2.05) is 85.0 Å². The molecule has 3 rings (SSSR count). The van der Waals surface area contributed by atoms with Crippen LogP contribution in [-0.2, 0) is 11.8 Å². The summed E-state index contributed by atoms with van der Waals surface area (Å²) < 4.78 is 1.96. The van der Waals surface area contributed by atoms with Crippen LogP contribution in [-0.4, -0.2) is 32.5 Å². The first-order chi connectivity index (χ1) is 14.4. The second-order valence-electron chi connectivity index (χ2n) is 7.74. The van der Waals surface area contributed by atoms with Crippen molar-refractivity contribution >= 4 is 34.7 Å². The third-order valence-electron chi connectivity index (χ3n) is 4.70. The summed E-state index contributed by atoms with van der Waals surface area (Å²) in [7, 11) is 1.95. The van der Waals surface area contributed by atoms with Gasteiger partial charge in [-0.1, -0.05) is 43.8 Å². The highest BCUT2D eigenvalue weighted by Gasteiger charge is 2.21. The van der Waals surface area contributed by atoms with Crippen molar-refractivity contribution < 1.29 is 4.79 Å². The minimum atomic E-state index is 0.0489. The van der Waals surface area contributed by atoms with E-state index in [9.17, 15) is 4.79 Å². The van der Waals surface area contributed by atoms with Gasteiger partial charge in [-0.3, -0.25) is 4.79 Å². The summed E-state index contributed by atoms with van der Waals surface area (Å²) in [6.45, 7) is 8.22. The first-order valence-electron chi connectivity index (χ1n) is 10.1. The number of amides is 1. The van der Waals surface area contributed by atoms with Crippen molar-refractivity contribution in [2.45, 2.75) is 44.8 Å². The molecule has 30 heavy (non-hydrogen) atoms. The molecule has 0 saturated heterocycles. The zero-order chi connectivity index (χ0) is 21.7. The molecule has 0 fully saturated rings. The van der Waals surface area contributed by atoms with E-state index in [1.54, 1.807) is 0 Å². The molecule has 0 unspecified atom stereocenters. The third-order valence-corrected chi connectivity index (χ3v) is 5.71. The molecule has 0 radical (unpaired) electrons. The van der Waals surface area contributed by atoms with Gasteiger partial charge in [-0.15, -0.1) is 10.2 Å². The molecule has 0 bridgehead atoms. The molecule has 1 N–H and O–H groups in total. The second kappa shape index (κ2) is 9.80.